The van der Waals surface area contributed by atoms with E-state index in [4.69, 9.17) is 20.2 Å². The lowest BCUT2D eigenvalue weighted by Crippen LogP contribution is -2.34. The number of benzene rings is 2. The second kappa shape index (κ2) is 10.6. The number of aromatic nitrogens is 6. The summed E-state index contributed by atoms with van der Waals surface area (Å²) >= 11 is 0. The van der Waals surface area contributed by atoms with Gasteiger partial charge in [-0.15, -0.1) is 5.10 Å². The van der Waals surface area contributed by atoms with Gasteiger partial charge in [0, 0.05) is 37.9 Å². The van der Waals surface area contributed by atoms with Crippen molar-refractivity contribution in [2.45, 2.75) is 49.0 Å². The third-order valence-electron chi connectivity index (χ3n) is 9.23. The Bertz CT molecular complexity index is 2360. The van der Waals surface area contributed by atoms with E-state index in [1.165, 1.54) is 33.8 Å². The molecule has 1 fully saturated rings. The molecule has 4 bridgehead atoms. The number of nitrogens with two attached hydrogens (primary N) is 1. The summed E-state index contributed by atoms with van der Waals surface area (Å²) in [5.41, 5.74) is 8.24. The summed E-state index contributed by atoms with van der Waals surface area (Å²) in [5, 5.41) is 4.32. The smallest absolute Gasteiger partial charge is 0.329 e. The van der Waals surface area contributed by atoms with Gasteiger partial charge in [0.1, 0.15) is 11.9 Å². The second-order valence-electron chi connectivity index (χ2n) is 12.3. The van der Waals surface area contributed by atoms with Gasteiger partial charge < -0.3 is 15.2 Å². The van der Waals surface area contributed by atoms with Crippen molar-refractivity contribution < 1.29 is 22.3 Å². The highest BCUT2D eigenvalue weighted by Crippen LogP contribution is 2.46. The molecule has 14 heteroatoms. The van der Waals surface area contributed by atoms with Gasteiger partial charge in [0.15, 0.2) is 5.65 Å². The highest BCUT2D eigenvalue weighted by Gasteiger charge is 2.39. The predicted molar refractivity (Wildman–Crippen MR) is 173 cm³/mol. The fraction of sp³-hybridized carbons (Fsp3) is 0.303. The van der Waals surface area contributed by atoms with Crippen LogP contribution in [0, 0.1) is 5.95 Å². The first-order valence-corrected chi connectivity index (χ1v) is 16.8. The zero-order chi connectivity index (χ0) is 32.8. The number of nitrogens with zero attached hydrogens (tertiary/aromatic N) is 6. The van der Waals surface area contributed by atoms with E-state index in [1.54, 1.807) is 61.1 Å². The molecule has 1 unspecified atom stereocenters. The highest BCUT2D eigenvalue weighted by molar-refractivity contribution is 7.90. The van der Waals surface area contributed by atoms with Crippen LogP contribution in [0.2, 0.25) is 0 Å². The van der Waals surface area contributed by atoms with Crippen LogP contribution in [0.15, 0.2) is 76.7 Å². The monoisotopic (exact) mass is 657 g/mol. The van der Waals surface area contributed by atoms with E-state index in [1.807, 2.05) is 6.92 Å². The Kier molecular flexibility index (Phi) is 6.69. The molecule has 2 aromatic carbocycles. The molecule has 4 atom stereocenters. The van der Waals surface area contributed by atoms with Crippen LogP contribution in [0.3, 0.4) is 0 Å². The van der Waals surface area contributed by atoms with E-state index < -0.39 is 16.0 Å². The molecular formula is C33H32FN7O5S. The van der Waals surface area contributed by atoms with Gasteiger partial charge >= 0.3 is 5.69 Å². The second-order valence-corrected chi connectivity index (χ2v) is 14.1. The van der Waals surface area contributed by atoms with Crippen molar-refractivity contribution in [3.8, 4) is 28.1 Å². The maximum atomic E-state index is 15.8. The number of halogens is 1. The quantitative estimate of drug-likeness (QED) is 0.302. The van der Waals surface area contributed by atoms with Crippen LogP contribution in [0.5, 0.6) is 5.75 Å². The van der Waals surface area contributed by atoms with E-state index in [-0.39, 0.29) is 51.8 Å². The molecule has 3 aliphatic rings. The molecule has 6 heterocycles. The predicted octanol–water partition coefficient (Wildman–Crippen LogP) is 3.96. The average molecular weight is 658 g/mol. The minimum absolute atomic E-state index is 0.0111. The van der Waals surface area contributed by atoms with Crippen LogP contribution in [-0.2, 0) is 28.9 Å². The average Bonchev–Trinajstić information content (AvgIpc) is 3.77. The molecule has 1 aliphatic carbocycles. The third-order valence-corrected chi connectivity index (χ3v) is 10.9. The normalized spacial score (nSPS) is 21.4. The molecule has 0 spiro atoms. The lowest BCUT2D eigenvalue weighted by atomic mass is 9.99. The highest BCUT2D eigenvalue weighted by atomic mass is 32.2. The number of rotatable bonds is 3. The van der Waals surface area contributed by atoms with Crippen LogP contribution >= 0.6 is 0 Å². The molecule has 1 saturated carbocycles. The molecule has 12 nitrogen and oxygen atoms in total. The first-order chi connectivity index (χ1) is 22.5. The standard InChI is InChI=1S/C33H32FN7O5S/c1-18-17-45-26-14-20(13-24(26)35)40-30-25(39(3)33(40)42)15-36-32-28(30)27(19-9-11-21(46-18)12-10-19)29(23-16-38(2)37-31(23)34)41(32)47(43,44)22-7-5-4-6-8-22/h4-12,15-16,18,20,24,26H,13-14,17,35H2,1-3H3/t18?,20-,24-,26-/m0/s1. The molecule has 0 amide bonds. The maximum absolute atomic E-state index is 15.8. The van der Waals surface area contributed by atoms with Crippen LogP contribution in [0.1, 0.15) is 25.8 Å². The van der Waals surface area contributed by atoms with Gasteiger partial charge in [0.2, 0.25) is 5.95 Å². The zero-order valence-electron chi connectivity index (χ0n) is 25.9. The Labute approximate surface area is 268 Å². The number of fused-ring (bicyclic) bond motifs is 5. The minimum atomic E-state index is -4.38. The van der Waals surface area contributed by atoms with Gasteiger partial charge in [-0.25, -0.2) is 22.2 Å². The Balaban J connectivity index is 1.59. The molecular weight excluding hydrogens is 625 g/mol. The lowest BCUT2D eigenvalue weighted by Gasteiger charge is -2.20. The molecule has 2 N–H and O–H groups in total. The Morgan fingerprint density at radius 2 is 1.79 bits per heavy atom. The van der Waals surface area contributed by atoms with E-state index in [0.717, 1.165) is 3.97 Å². The molecule has 47 heavy (non-hydrogen) atoms. The number of hydrogen-bond donors (Lipinski definition) is 1. The van der Waals surface area contributed by atoms with Crippen molar-refractivity contribution in [1.29, 1.82) is 0 Å². The van der Waals surface area contributed by atoms with Gasteiger partial charge in [-0.2, -0.15) is 4.39 Å². The van der Waals surface area contributed by atoms with E-state index in [9.17, 15) is 13.2 Å². The molecule has 0 saturated heterocycles. The van der Waals surface area contributed by atoms with E-state index in [0.29, 0.717) is 52.7 Å². The Hall–Kier alpha value is -4.79. The number of pyridine rings is 1. The lowest BCUT2D eigenvalue weighted by molar-refractivity contribution is 0.00127. The molecule has 4 aromatic heterocycles. The summed E-state index contributed by atoms with van der Waals surface area (Å²) in [7, 11) is -1.17. The summed E-state index contributed by atoms with van der Waals surface area (Å²) in [6.45, 7) is 2.20. The molecule has 0 radical (unpaired) electrons. The van der Waals surface area contributed by atoms with Crippen molar-refractivity contribution in [3.63, 3.8) is 0 Å². The van der Waals surface area contributed by atoms with Crippen molar-refractivity contribution in [1.82, 2.24) is 27.9 Å². The Morgan fingerprint density at radius 1 is 1.04 bits per heavy atom. The van der Waals surface area contributed by atoms with Gasteiger partial charge in [-0.05, 0) is 49.6 Å². The largest absolute Gasteiger partial charge is 0.488 e. The summed E-state index contributed by atoms with van der Waals surface area (Å²) in [5.74, 6) is -0.285. The van der Waals surface area contributed by atoms with Crippen LogP contribution in [0.4, 0.5) is 4.39 Å². The van der Waals surface area contributed by atoms with Gasteiger partial charge in [0.25, 0.3) is 10.0 Å². The van der Waals surface area contributed by atoms with Crippen LogP contribution in [0.25, 0.3) is 44.5 Å². The first kappa shape index (κ1) is 29.6. The molecule has 9 rings (SSSR count). The Morgan fingerprint density at radius 3 is 2.49 bits per heavy atom. The minimum Gasteiger partial charge on any atom is -0.488 e. The third kappa shape index (κ3) is 4.46. The molecule has 242 valence electrons. The van der Waals surface area contributed by atoms with E-state index >= 15 is 4.39 Å². The fourth-order valence-electron chi connectivity index (χ4n) is 7.09. The van der Waals surface area contributed by atoms with Gasteiger partial charge in [-0.1, -0.05) is 30.3 Å². The zero-order valence-corrected chi connectivity index (χ0v) is 26.7. The van der Waals surface area contributed by atoms with Crippen molar-refractivity contribution >= 4 is 32.1 Å². The van der Waals surface area contributed by atoms with Gasteiger partial charge in [-0.3, -0.25) is 13.8 Å². The number of aryl methyl sites for hydroxylation is 2. The van der Waals surface area contributed by atoms with Crippen LogP contribution < -0.4 is 16.2 Å². The summed E-state index contributed by atoms with van der Waals surface area (Å²) in [6.07, 6.45) is 3.23. The summed E-state index contributed by atoms with van der Waals surface area (Å²) in [4.78, 5) is 18.8. The number of imidazole rings is 1. The topological polar surface area (TPSA) is 141 Å². The molecule has 6 aromatic rings. The maximum Gasteiger partial charge on any atom is 0.329 e. The summed E-state index contributed by atoms with van der Waals surface area (Å²) in [6, 6.07) is 14.3. The molecule has 2 aliphatic heterocycles. The summed E-state index contributed by atoms with van der Waals surface area (Å²) < 4.78 is 63.1. The fourth-order valence-corrected chi connectivity index (χ4v) is 8.60. The number of ether oxygens (including phenoxy) is 2. The SMILES string of the molecule is CC1CO[C@H]2C[C@H](C[C@@H]2N)n2c(=O)n(C)c3cnc4c(c(c(-c5cn(C)nc5F)n4S(=O)(=O)c4ccccc4)-c4ccc(cc4)O1)c32. The van der Waals surface area contributed by atoms with Crippen LogP contribution in [-0.4, -0.2) is 61.1 Å². The first-order valence-electron chi connectivity index (χ1n) is 15.3. The number of hydrogen-bond acceptors (Lipinski definition) is 8. The van der Waals surface area contributed by atoms with E-state index in [2.05, 4.69) is 5.10 Å². The van der Waals surface area contributed by atoms with Crippen molar-refractivity contribution in [2.75, 3.05) is 6.61 Å². The van der Waals surface area contributed by atoms with Crippen molar-refractivity contribution in [3.05, 3.63) is 83.4 Å². The van der Waals surface area contributed by atoms with Crippen molar-refractivity contribution in [2.24, 2.45) is 19.8 Å². The van der Waals surface area contributed by atoms with Gasteiger partial charge in [0.05, 0.1) is 51.5 Å².